The number of hydrogen-bond donors (Lipinski definition) is 0. The molecule has 0 radical (unpaired) electrons. The molecule has 0 bridgehead atoms. The van der Waals surface area contributed by atoms with Gasteiger partial charge < -0.3 is 0 Å². The van der Waals surface area contributed by atoms with Crippen LogP contribution in [0.5, 0.6) is 0 Å². The van der Waals surface area contributed by atoms with Crippen molar-refractivity contribution in [2.24, 2.45) is 0 Å². The van der Waals surface area contributed by atoms with Gasteiger partial charge in [0.2, 0.25) is 0 Å². The maximum Gasteiger partial charge on any atom is 0.0731 e. The molecule has 0 heteroatoms. The number of benzene rings is 9. The molecule has 0 aliphatic heterocycles. The van der Waals surface area contributed by atoms with Crippen molar-refractivity contribution >= 4 is 32.3 Å². The van der Waals surface area contributed by atoms with E-state index in [0.29, 0.717) is 0 Å². The zero-order valence-corrected chi connectivity index (χ0v) is 26.8. The highest BCUT2D eigenvalue weighted by Gasteiger charge is 2.53. The largest absolute Gasteiger partial charge is 0.0731 e. The lowest BCUT2D eigenvalue weighted by Gasteiger charge is -2.32. The van der Waals surface area contributed by atoms with E-state index in [1.165, 1.54) is 99.1 Å². The second kappa shape index (κ2) is 9.89. The van der Waals surface area contributed by atoms with Gasteiger partial charge in [0.15, 0.2) is 0 Å². The predicted octanol–water partition coefficient (Wildman–Crippen LogP) is 12.8. The molecule has 0 unspecified atom stereocenters. The van der Waals surface area contributed by atoms with Crippen LogP contribution in [-0.2, 0) is 5.41 Å². The first-order chi connectivity index (χ1) is 24.4. The van der Waals surface area contributed by atoms with Crippen LogP contribution >= 0.6 is 0 Å². The van der Waals surface area contributed by atoms with E-state index in [-0.39, 0.29) is 0 Å². The van der Waals surface area contributed by atoms with Gasteiger partial charge in [-0.05, 0) is 105 Å². The van der Waals surface area contributed by atoms with Crippen LogP contribution in [0.3, 0.4) is 0 Å². The zero-order valence-electron chi connectivity index (χ0n) is 26.8. The standard InChI is InChI=1S/C49H30/c1-2-16-31(17-3-1)45-36-22-6-8-24-38(36)46(39-25-9-7-23-37(39)45)41-30-32-18-4-5-19-33(32)48-47(41)40-26-12-15-29-44(40)49(48)42-27-13-10-20-34(42)35-21-11-14-28-43(35)49/h1-30H. The molecule has 11 rings (SSSR count). The Hall–Kier alpha value is -6.24. The Morgan fingerprint density at radius 2 is 0.714 bits per heavy atom. The van der Waals surface area contributed by atoms with Gasteiger partial charge in [-0.1, -0.05) is 176 Å². The third-order valence-corrected chi connectivity index (χ3v) is 11.2. The molecule has 2 aliphatic carbocycles. The summed E-state index contributed by atoms with van der Waals surface area (Å²) in [4.78, 5) is 0. The van der Waals surface area contributed by atoms with Gasteiger partial charge in [0.1, 0.15) is 0 Å². The Morgan fingerprint density at radius 1 is 0.286 bits per heavy atom. The monoisotopic (exact) mass is 618 g/mol. The summed E-state index contributed by atoms with van der Waals surface area (Å²) in [5.41, 5.74) is 15.6. The zero-order chi connectivity index (χ0) is 32.1. The number of hydrogen-bond acceptors (Lipinski definition) is 0. The molecule has 49 heavy (non-hydrogen) atoms. The van der Waals surface area contributed by atoms with E-state index in [1.54, 1.807) is 0 Å². The van der Waals surface area contributed by atoms with E-state index in [2.05, 4.69) is 182 Å². The van der Waals surface area contributed by atoms with Crippen molar-refractivity contribution in [1.29, 1.82) is 0 Å². The molecule has 0 saturated heterocycles. The fourth-order valence-electron chi connectivity index (χ4n) is 9.51. The maximum atomic E-state index is 2.48. The smallest absolute Gasteiger partial charge is 0.0622 e. The van der Waals surface area contributed by atoms with Crippen LogP contribution in [0.15, 0.2) is 182 Å². The van der Waals surface area contributed by atoms with Gasteiger partial charge in [0.05, 0.1) is 5.41 Å². The van der Waals surface area contributed by atoms with Crippen LogP contribution in [0.2, 0.25) is 0 Å². The summed E-state index contributed by atoms with van der Waals surface area (Å²) in [6, 6.07) is 68.0. The molecule has 0 heterocycles. The number of fused-ring (bicyclic) bond motifs is 14. The van der Waals surface area contributed by atoms with E-state index in [9.17, 15) is 0 Å². The summed E-state index contributed by atoms with van der Waals surface area (Å²) in [6.45, 7) is 0. The van der Waals surface area contributed by atoms with Crippen LogP contribution in [-0.4, -0.2) is 0 Å². The average molecular weight is 619 g/mol. The van der Waals surface area contributed by atoms with Gasteiger partial charge in [-0.15, -0.1) is 0 Å². The van der Waals surface area contributed by atoms with Crippen molar-refractivity contribution in [3.63, 3.8) is 0 Å². The summed E-state index contributed by atoms with van der Waals surface area (Å²) in [5, 5.41) is 7.71. The molecule has 1 spiro atoms. The lowest BCUT2D eigenvalue weighted by Crippen LogP contribution is -2.26. The van der Waals surface area contributed by atoms with Gasteiger partial charge in [0.25, 0.3) is 0 Å². The quantitative estimate of drug-likeness (QED) is 0.169. The van der Waals surface area contributed by atoms with Gasteiger partial charge >= 0.3 is 0 Å². The Morgan fingerprint density at radius 3 is 1.31 bits per heavy atom. The van der Waals surface area contributed by atoms with Crippen LogP contribution in [0.25, 0.3) is 76.8 Å². The third kappa shape index (κ3) is 3.38. The molecule has 0 amide bonds. The van der Waals surface area contributed by atoms with Crippen molar-refractivity contribution in [3.8, 4) is 44.5 Å². The first-order valence-corrected chi connectivity index (χ1v) is 17.2. The van der Waals surface area contributed by atoms with E-state index in [1.807, 2.05) is 0 Å². The maximum absolute atomic E-state index is 2.48. The Labute approximate surface area is 285 Å². The molecule has 9 aromatic carbocycles. The van der Waals surface area contributed by atoms with Gasteiger partial charge in [-0.25, -0.2) is 0 Å². The normalized spacial score (nSPS) is 13.5. The van der Waals surface area contributed by atoms with Crippen molar-refractivity contribution in [2.45, 2.75) is 5.41 Å². The van der Waals surface area contributed by atoms with Crippen molar-refractivity contribution < 1.29 is 0 Å². The second-order valence-electron chi connectivity index (χ2n) is 13.5. The first-order valence-electron chi connectivity index (χ1n) is 17.2. The Balaban J connectivity index is 1.38. The Kier molecular flexibility index (Phi) is 5.41. The molecule has 2 aliphatic rings. The lowest BCUT2D eigenvalue weighted by atomic mass is 9.69. The minimum absolute atomic E-state index is 0.426. The lowest BCUT2D eigenvalue weighted by molar-refractivity contribution is 0.801. The molecule has 0 atom stereocenters. The van der Waals surface area contributed by atoms with Crippen LogP contribution in [0.4, 0.5) is 0 Å². The van der Waals surface area contributed by atoms with Crippen LogP contribution < -0.4 is 0 Å². The van der Waals surface area contributed by atoms with Gasteiger partial charge in [-0.2, -0.15) is 0 Å². The Bertz CT molecular complexity index is 2720. The molecule has 0 fully saturated rings. The molecule has 0 saturated carbocycles. The third-order valence-electron chi connectivity index (χ3n) is 11.2. The molecule has 0 N–H and O–H groups in total. The SMILES string of the molecule is c1ccc(-c2c3ccccc3c(-c3cc4ccccc4c4c3-c3ccccc3C43c4ccccc4-c4ccccc43)c3ccccc23)cc1. The van der Waals surface area contributed by atoms with E-state index >= 15 is 0 Å². The minimum Gasteiger partial charge on any atom is -0.0622 e. The highest BCUT2D eigenvalue weighted by molar-refractivity contribution is 6.24. The van der Waals surface area contributed by atoms with Gasteiger partial charge in [0, 0.05) is 0 Å². The highest BCUT2D eigenvalue weighted by atomic mass is 14.5. The van der Waals surface area contributed by atoms with E-state index in [4.69, 9.17) is 0 Å². The fraction of sp³-hybridized carbons (Fsp3) is 0.0204. The van der Waals surface area contributed by atoms with E-state index < -0.39 is 5.41 Å². The fourth-order valence-corrected chi connectivity index (χ4v) is 9.51. The number of rotatable bonds is 2. The van der Waals surface area contributed by atoms with Crippen LogP contribution in [0.1, 0.15) is 22.3 Å². The van der Waals surface area contributed by atoms with E-state index in [0.717, 1.165) is 0 Å². The summed E-state index contributed by atoms with van der Waals surface area (Å²) in [5.74, 6) is 0. The molecule has 226 valence electrons. The second-order valence-corrected chi connectivity index (χ2v) is 13.5. The van der Waals surface area contributed by atoms with Crippen molar-refractivity contribution in [2.75, 3.05) is 0 Å². The first kappa shape index (κ1) is 26.8. The topological polar surface area (TPSA) is 0 Å². The molecule has 9 aromatic rings. The van der Waals surface area contributed by atoms with Crippen molar-refractivity contribution in [3.05, 3.63) is 204 Å². The molecule has 0 aromatic heterocycles. The average Bonchev–Trinajstić information content (AvgIpc) is 3.65. The van der Waals surface area contributed by atoms with Crippen molar-refractivity contribution in [1.82, 2.24) is 0 Å². The summed E-state index contributed by atoms with van der Waals surface area (Å²) < 4.78 is 0. The molecular weight excluding hydrogens is 589 g/mol. The summed E-state index contributed by atoms with van der Waals surface area (Å²) in [7, 11) is 0. The summed E-state index contributed by atoms with van der Waals surface area (Å²) >= 11 is 0. The minimum atomic E-state index is -0.426. The predicted molar refractivity (Wildman–Crippen MR) is 206 cm³/mol. The molecular formula is C49H30. The van der Waals surface area contributed by atoms with Gasteiger partial charge in [-0.3, -0.25) is 0 Å². The highest BCUT2D eigenvalue weighted by Crippen LogP contribution is 2.66. The summed E-state index contributed by atoms with van der Waals surface area (Å²) in [6.07, 6.45) is 0. The molecule has 0 nitrogen and oxygen atoms in total. The van der Waals surface area contributed by atoms with Crippen LogP contribution in [0, 0.1) is 0 Å².